The van der Waals surface area contributed by atoms with Crippen LogP contribution in [-0.4, -0.2) is 38.2 Å². The van der Waals surface area contributed by atoms with Gasteiger partial charge in [0.05, 0.1) is 6.61 Å². The molecule has 1 saturated heterocycles. The van der Waals surface area contributed by atoms with Crippen molar-refractivity contribution in [2.24, 2.45) is 5.92 Å². The lowest BCUT2D eigenvalue weighted by atomic mass is 10.2. The summed E-state index contributed by atoms with van der Waals surface area (Å²) in [6.45, 7) is 6.76. The molecule has 0 radical (unpaired) electrons. The molecule has 1 fully saturated rings. The van der Waals surface area contributed by atoms with Crippen LogP contribution in [0.2, 0.25) is 0 Å². The lowest BCUT2D eigenvalue weighted by molar-refractivity contribution is 0.206. The minimum absolute atomic E-state index is 0.590. The zero-order chi connectivity index (χ0) is 12.8. The van der Waals surface area contributed by atoms with E-state index in [2.05, 4.69) is 17.1 Å². The number of likely N-dealkylation sites (tertiary alicyclic amines) is 1. The largest absolute Gasteiger partial charge is 0.493 e. The molecule has 1 aromatic rings. The second-order valence-corrected chi connectivity index (χ2v) is 5.20. The average molecular weight is 248 g/mol. The number of ether oxygens (including phenoxy) is 1. The molecule has 3 nitrogen and oxygen atoms in total. The van der Waals surface area contributed by atoms with Crippen LogP contribution in [0.1, 0.15) is 19.8 Å². The topological polar surface area (TPSA) is 24.5 Å². The maximum absolute atomic E-state index is 5.82. The van der Waals surface area contributed by atoms with Gasteiger partial charge in [-0.25, -0.2) is 0 Å². The fourth-order valence-corrected chi connectivity index (χ4v) is 2.41. The fraction of sp³-hybridized carbons (Fsp3) is 0.600. The summed E-state index contributed by atoms with van der Waals surface area (Å²) >= 11 is 0. The number of benzene rings is 1. The first kappa shape index (κ1) is 13.2. The molecular weight excluding hydrogens is 224 g/mol. The van der Waals surface area contributed by atoms with Crippen LogP contribution < -0.4 is 10.1 Å². The lowest BCUT2D eigenvalue weighted by Crippen LogP contribution is -2.28. The molecule has 0 saturated carbocycles. The monoisotopic (exact) mass is 248 g/mol. The van der Waals surface area contributed by atoms with Gasteiger partial charge in [0.25, 0.3) is 0 Å². The third-order valence-corrected chi connectivity index (χ3v) is 3.45. The summed E-state index contributed by atoms with van der Waals surface area (Å²) in [5.41, 5.74) is 1.12. The highest BCUT2D eigenvalue weighted by Gasteiger charge is 2.14. The van der Waals surface area contributed by atoms with Crippen LogP contribution in [0.4, 0.5) is 5.69 Å². The van der Waals surface area contributed by atoms with E-state index in [4.69, 9.17) is 4.74 Å². The van der Waals surface area contributed by atoms with Crippen molar-refractivity contribution in [1.29, 1.82) is 0 Å². The molecule has 0 amide bonds. The van der Waals surface area contributed by atoms with E-state index in [1.807, 2.05) is 31.3 Å². The van der Waals surface area contributed by atoms with Gasteiger partial charge in [-0.2, -0.15) is 0 Å². The van der Waals surface area contributed by atoms with Crippen LogP contribution in [0.5, 0.6) is 5.75 Å². The predicted molar refractivity (Wildman–Crippen MR) is 76.3 cm³/mol. The van der Waals surface area contributed by atoms with Crippen LogP contribution in [-0.2, 0) is 0 Å². The Hall–Kier alpha value is -1.22. The van der Waals surface area contributed by atoms with Gasteiger partial charge in [-0.3, -0.25) is 0 Å². The Morgan fingerprint density at radius 3 is 2.50 bits per heavy atom. The van der Waals surface area contributed by atoms with Gasteiger partial charge in [-0.1, -0.05) is 6.92 Å². The quantitative estimate of drug-likeness (QED) is 0.838. The number of nitrogens with one attached hydrogen (secondary N) is 1. The van der Waals surface area contributed by atoms with E-state index in [9.17, 15) is 0 Å². The van der Waals surface area contributed by atoms with Gasteiger partial charge in [0, 0.05) is 25.2 Å². The van der Waals surface area contributed by atoms with Crippen molar-refractivity contribution in [3.05, 3.63) is 24.3 Å². The fourth-order valence-electron chi connectivity index (χ4n) is 2.41. The van der Waals surface area contributed by atoms with E-state index >= 15 is 0 Å². The van der Waals surface area contributed by atoms with Gasteiger partial charge < -0.3 is 15.0 Å². The molecule has 100 valence electrons. The highest BCUT2D eigenvalue weighted by Crippen LogP contribution is 2.16. The van der Waals surface area contributed by atoms with Crippen molar-refractivity contribution in [3.8, 4) is 5.75 Å². The second-order valence-electron chi connectivity index (χ2n) is 5.20. The Kier molecular flexibility index (Phi) is 4.88. The van der Waals surface area contributed by atoms with Crippen LogP contribution in [0.25, 0.3) is 0 Å². The van der Waals surface area contributed by atoms with E-state index < -0.39 is 0 Å². The second kappa shape index (κ2) is 6.64. The van der Waals surface area contributed by atoms with Gasteiger partial charge >= 0.3 is 0 Å². The Morgan fingerprint density at radius 1 is 1.22 bits per heavy atom. The van der Waals surface area contributed by atoms with Gasteiger partial charge in [0.2, 0.25) is 0 Å². The summed E-state index contributed by atoms with van der Waals surface area (Å²) in [4.78, 5) is 2.54. The first-order valence-corrected chi connectivity index (χ1v) is 6.91. The Labute approximate surface area is 110 Å². The molecule has 1 atom stereocenters. The highest BCUT2D eigenvalue weighted by molar-refractivity contribution is 5.45. The molecular formula is C15H24N2O. The summed E-state index contributed by atoms with van der Waals surface area (Å²) in [6, 6.07) is 8.13. The van der Waals surface area contributed by atoms with Crippen molar-refractivity contribution in [3.63, 3.8) is 0 Å². The minimum Gasteiger partial charge on any atom is -0.493 e. The summed E-state index contributed by atoms with van der Waals surface area (Å²) in [6.07, 6.45) is 2.72. The first-order valence-electron chi connectivity index (χ1n) is 6.91. The SMILES string of the molecule is CNc1ccc(OCC(C)CN2CCCC2)cc1. The van der Waals surface area contributed by atoms with E-state index in [0.29, 0.717) is 5.92 Å². The van der Waals surface area contributed by atoms with E-state index in [1.165, 1.54) is 25.9 Å². The summed E-state index contributed by atoms with van der Waals surface area (Å²) in [5.74, 6) is 1.55. The van der Waals surface area contributed by atoms with Crippen molar-refractivity contribution in [2.75, 3.05) is 38.6 Å². The maximum atomic E-state index is 5.82. The molecule has 0 spiro atoms. The first-order chi connectivity index (χ1) is 8.78. The minimum atomic E-state index is 0.590. The molecule has 0 bridgehead atoms. The molecule has 1 aliphatic heterocycles. The molecule has 0 aromatic heterocycles. The average Bonchev–Trinajstić information content (AvgIpc) is 2.90. The Balaban J connectivity index is 1.72. The third-order valence-electron chi connectivity index (χ3n) is 3.45. The highest BCUT2D eigenvalue weighted by atomic mass is 16.5. The number of rotatable bonds is 6. The van der Waals surface area contributed by atoms with Crippen molar-refractivity contribution < 1.29 is 4.74 Å². The molecule has 1 aromatic carbocycles. The molecule has 1 N–H and O–H groups in total. The van der Waals surface area contributed by atoms with Gasteiger partial charge in [0.1, 0.15) is 5.75 Å². The van der Waals surface area contributed by atoms with Crippen LogP contribution in [0.15, 0.2) is 24.3 Å². The smallest absolute Gasteiger partial charge is 0.119 e. The molecule has 3 heteroatoms. The number of hydrogen-bond acceptors (Lipinski definition) is 3. The van der Waals surface area contributed by atoms with Gasteiger partial charge in [-0.05, 0) is 50.2 Å². The Morgan fingerprint density at radius 2 is 1.89 bits per heavy atom. The van der Waals surface area contributed by atoms with Crippen LogP contribution in [0.3, 0.4) is 0 Å². The standard InChI is InChI=1S/C15H24N2O/c1-13(11-17-9-3-4-10-17)12-18-15-7-5-14(16-2)6-8-15/h5-8,13,16H,3-4,9-12H2,1-2H3. The van der Waals surface area contributed by atoms with Crippen molar-refractivity contribution >= 4 is 5.69 Å². The van der Waals surface area contributed by atoms with E-state index in [1.54, 1.807) is 0 Å². The normalized spacial score (nSPS) is 17.7. The molecule has 18 heavy (non-hydrogen) atoms. The molecule has 1 heterocycles. The molecule has 1 aliphatic rings. The van der Waals surface area contributed by atoms with Crippen LogP contribution in [0, 0.1) is 5.92 Å². The molecule has 2 rings (SSSR count). The van der Waals surface area contributed by atoms with Gasteiger partial charge in [0.15, 0.2) is 0 Å². The number of anilines is 1. The summed E-state index contributed by atoms with van der Waals surface area (Å²) in [7, 11) is 1.92. The number of hydrogen-bond donors (Lipinski definition) is 1. The third kappa shape index (κ3) is 3.91. The molecule has 0 aliphatic carbocycles. The number of nitrogens with zero attached hydrogens (tertiary/aromatic N) is 1. The summed E-state index contributed by atoms with van der Waals surface area (Å²) < 4.78 is 5.82. The lowest BCUT2D eigenvalue weighted by Gasteiger charge is -2.20. The van der Waals surface area contributed by atoms with Crippen molar-refractivity contribution in [1.82, 2.24) is 4.90 Å². The zero-order valence-corrected chi connectivity index (χ0v) is 11.5. The van der Waals surface area contributed by atoms with Crippen molar-refractivity contribution in [2.45, 2.75) is 19.8 Å². The van der Waals surface area contributed by atoms with Gasteiger partial charge in [-0.15, -0.1) is 0 Å². The predicted octanol–water partition coefficient (Wildman–Crippen LogP) is 2.84. The zero-order valence-electron chi connectivity index (χ0n) is 11.5. The van der Waals surface area contributed by atoms with Crippen LogP contribution >= 0.6 is 0 Å². The maximum Gasteiger partial charge on any atom is 0.119 e. The molecule has 1 unspecified atom stereocenters. The van der Waals surface area contributed by atoms with E-state index in [0.717, 1.165) is 24.6 Å². The Bertz CT molecular complexity index is 344. The van der Waals surface area contributed by atoms with E-state index in [-0.39, 0.29) is 0 Å². The summed E-state index contributed by atoms with van der Waals surface area (Å²) in [5, 5.41) is 3.11.